The molecule has 3 N–H and O–H groups in total. The van der Waals surface area contributed by atoms with Gasteiger partial charge in [-0.1, -0.05) is 13.8 Å². The minimum Gasteiger partial charge on any atom is -0.329 e. The molecular formula is C14H30N4. The Balaban J connectivity index is 1.95. The van der Waals surface area contributed by atoms with Gasteiger partial charge < -0.3 is 10.6 Å². The molecule has 1 heterocycles. The number of nitrogens with one attached hydrogen (secondary N) is 1. The molecule has 4 nitrogen and oxygen atoms in total. The molecule has 3 atom stereocenters. The van der Waals surface area contributed by atoms with Gasteiger partial charge in [-0.15, -0.1) is 0 Å². The summed E-state index contributed by atoms with van der Waals surface area (Å²) in [6.45, 7) is 10.0. The molecule has 0 aromatic heterocycles. The Bertz CT molecular complexity index is 263. The van der Waals surface area contributed by atoms with E-state index < -0.39 is 0 Å². The maximum atomic E-state index is 6.12. The van der Waals surface area contributed by atoms with E-state index in [1.807, 2.05) is 0 Å². The molecule has 1 saturated carbocycles. The number of rotatable bonds is 3. The fourth-order valence-corrected chi connectivity index (χ4v) is 3.45. The molecule has 0 aromatic rings. The summed E-state index contributed by atoms with van der Waals surface area (Å²) in [5, 5.41) is 2.40. The number of hydrogen-bond acceptors (Lipinski definition) is 4. The van der Waals surface area contributed by atoms with Crippen molar-refractivity contribution in [3.05, 3.63) is 0 Å². The molecule has 0 radical (unpaired) electrons. The van der Waals surface area contributed by atoms with Crippen LogP contribution in [-0.2, 0) is 0 Å². The van der Waals surface area contributed by atoms with Gasteiger partial charge in [-0.05, 0) is 38.1 Å². The van der Waals surface area contributed by atoms with Crippen molar-refractivity contribution in [2.24, 2.45) is 17.6 Å². The summed E-state index contributed by atoms with van der Waals surface area (Å²) in [6, 6.07) is 0. The van der Waals surface area contributed by atoms with Gasteiger partial charge in [0.05, 0.1) is 0 Å². The van der Waals surface area contributed by atoms with Gasteiger partial charge in [0.15, 0.2) is 0 Å². The average Bonchev–Trinajstić information content (AvgIpc) is 2.36. The predicted molar refractivity (Wildman–Crippen MR) is 76.2 cm³/mol. The molecular weight excluding hydrogens is 224 g/mol. The molecule has 0 aromatic carbocycles. The second-order valence-corrected chi connectivity index (χ2v) is 6.54. The molecule has 0 spiro atoms. The lowest BCUT2D eigenvalue weighted by atomic mass is 9.70. The van der Waals surface area contributed by atoms with Crippen molar-refractivity contribution in [2.75, 3.05) is 39.8 Å². The summed E-state index contributed by atoms with van der Waals surface area (Å²) in [7, 11) is 2.20. The molecule has 4 heteroatoms. The molecule has 1 aliphatic carbocycles. The van der Waals surface area contributed by atoms with Gasteiger partial charge in [0.2, 0.25) is 0 Å². The highest BCUT2D eigenvalue weighted by molar-refractivity contribution is 4.97. The zero-order chi connectivity index (χ0) is 13.2. The number of nitrogens with two attached hydrogens (primary N) is 1. The largest absolute Gasteiger partial charge is 0.329 e. The SMILES string of the molecule is CC1CCC(CN)(NN2CCN(C)CC2)C(C)C1. The minimum atomic E-state index is 0.141. The summed E-state index contributed by atoms with van der Waals surface area (Å²) in [6.07, 6.45) is 3.83. The Labute approximate surface area is 112 Å². The average molecular weight is 254 g/mol. The van der Waals surface area contributed by atoms with Crippen molar-refractivity contribution >= 4 is 0 Å². The Hall–Kier alpha value is -0.160. The van der Waals surface area contributed by atoms with Gasteiger partial charge in [-0.3, -0.25) is 0 Å². The summed E-state index contributed by atoms with van der Waals surface area (Å²) in [5.74, 6) is 1.53. The maximum absolute atomic E-state index is 6.12. The third-order valence-corrected chi connectivity index (χ3v) is 5.03. The van der Waals surface area contributed by atoms with Crippen molar-refractivity contribution < 1.29 is 0 Å². The van der Waals surface area contributed by atoms with Crippen LogP contribution < -0.4 is 11.2 Å². The highest BCUT2D eigenvalue weighted by atomic mass is 15.5. The molecule has 18 heavy (non-hydrogen) atoms. The summed E-state index contributed by atoms with van der Waals surface area (Å²) < 4.78 is 0. The van der Waals surface area contributed by atoms with E-state index >= 15 is 0 Å². The quantitative estimate of drug-likeness (QED) is 0.785. The van der Waals surface area contributed by atoms with Crippen LogP contribution in [0, 0.1) is 11.8 Å². The smallest absolute Gasteiger partial charge is 0.0473 e. The van der Waals surface area contributed by atoms with Gasteiger partial charge in [0, 0.05) is 38.3 Å². The number of likely N-dealkylation sites (N-methyl/N-ethyl adjacent to an activating group) is 1. The van der Waals surface area contributed by atoms with Crippen LogP contribution in [-0.4, -0.2) is 55.2 Å². The molecule has 106 valence electrons. The van der Waals surface area contributed by atoms with Crippen LogP contribution in [0.3, 0.4) is 0 Å². The minimum absolute atomic E-state index is 0.141. The lowest BCUT2D eigenvalue weighted by molar-refractivity contribution is 0.00747. The van der Waals surface area contributed by atoms with Crippen LogP contribution in [0.25, 0.3) is 0 Å². The lowest BCUT2D eigenvalue weighted by Crippen LogP contribution is -2.65. The Morgan fingerprint density at radius 1 is 1.22 bits per heavy atom. The van der Waals surface area contributed by atoms with Crippen molar-refractivity contribution in [1.82, 2.24) is 15.3 Å². The second kappa shape index (κ2) is 5.87. The van der Waals surface area contributed by atoms with Gasteiger partial charge in [0.1, 0.15) is 0 Å². The van der Waals surface area contributed by atoms with Gasteiger partial charge >= 0.3 is 0 Å². The van der Waals surface area contributed by atoms with E-state index in [9.17, 15) is 0 Å². The first-order valence-corrected chi connectivity index (χ1v) is 7.47. The van der Waals surface area contributed by atoms with E-state index in [4.69, 9.17) is 5.73 Å². The van der Waals surface area contributed by atoms with Crippen LogP contribution >= 0.6 is 0 Å². The Morgan fingerprint density at radius 2 is 1.89 bits per heavy atom. The number of hydrazine groups is 1. The standard InChI is InChI=1S/C14H30N4/c1-12-4-5-14(11-15,13(2)10-12)16-18-8-6-17(3)7-9-18/h12-13,16H,4-11,15H2,1-3H3. The van der Waals surface area contributed by atoms with E-state index in [0.29, 0.717) is 5.92 Å². The predicted octanol–water partition coefficient (Wildman–Crippen LogP) is 0.892. The van der Waals surface area contributed by atoms with Crippen molar-refractivity contribution in [3.63, 3.8) is 0 Å². The van der Waals surface area contributed by atoms with Gasteiger partial charge in [-0.25, -0.2) is 10.4 Å². The molecule has 1 aliphatic heterocycles. The molecule has 0 amide bonds. The molecule has 2 rings (SSSR count). The first-order valence-electron chi connectivity index (χ1n) is 7.47. The number of piperazine rings is 1. The Kier molecular flexibility index (Phi) is 4.64. The molecule has 3 unspecified atom stereocenters. The molecule has 0 bridgehead atoms. The first kappa shape index (κ1) is 14.3. The molecule has 2 aliphatic rings. The third-order valence-electron chi connectivity index (χ3n) is 5.03. The first-order chi connectivity index (χ1) is 8.55. The fraction of sp³-hybridized carbons (Fsp3) is 1.00. The van der Waals surface area contributed by atoms with Crippen molar-refractivity contribution in [3.8, 4) is 0 Å². The molecule has 2 fully saturated rings. The normalized spacial score (nSPS) is 40.0. The van der Waals surface area contributed by atoms with Crippen LogP contribution in [0.5, 0.6) is 0 Å². The zero-order valence-electron chi connectivity index (χ0n) is 12.3. The summed E-state index contributed by atoms with van der Waals surface area (Å²) in [4.78, 5) is 2.39. The number of nitrogens with zero attached hydrogens (tertiary/aromatic N) is 2. The van der Waals surface area contributed by atoms with E-state index in [1.165, 1.54) is 19.3 Å². The van der Waals surface area contributed by atoms with E-state index in [1.54, 1.807) is 0 Å². The topological polar surface area (TPSA) is 44.5 Å². The molecule has 1 saturated heterocycles. The summed E-state index contributed by atoms with van der Waals surface area (Å²) in [5.41, 5.74) is 10.1. The van der Waals surface area contributed by atoms with Crippen LogP contribution in [0.1, 0.15) is 33.1 Å². The maximum Gasteiger partial charge on any atom is 0.0473 e. The highest BCUT2D eigenvalue weighted by Crippen LogP contribution is 2.36. The van der Waals surface area contributed by atoms with Crippen molar-refractivity contribution in [1.29, 1.82) is 0 Å². The van der Waals surface area contributed by atoms with Crippen LogP contribution in [0.15, 0.2) is 0 Å². The van der Waals surface area contributed by atoms with E-state index in [-0.39, 0.29) is 5.54 Å². The van der Waals surface area contributed by atoms with Gasteiger partial charge in [-0.2, -0.15) is 0 Å². The zero-order valence-corrected chi connectivity index (χ0v) is 12.3. The third kappa shape index (κ3) is 3.05. The Morgan fingerprint density at radius 3 is 2.44 bits per heavy atom. The monoisotopic (exact) mass is 254 g/mol. The van der Waals surface area contributed by atoms with E-state index in [0.717, 1.165) is 38.6 Å². The van der Waals surface area contributed by atoms with Crippen molar-refractivity contribution in [2.45, 2.75) is 38.6 Å². The number of hydrogen-bond donors (Lipinski definition) is 2. The second-order valence-electron chi connectivity index (χ2n) is 6.54. The van der Waals surface area contributed by atoms with Crippen LogP contribution in [0.2, 0.25) is 0 Å². The fourth-order valence-electron chi connectivity index (χ4n) is 3.45. The lowest BCUT2D eigenvalue weighted by Gasteiger charge is -2.48. The van der Waals surface area contributed by atoms with Crippen LogP contribution in [0.4, 0.5) is 0 Å². The highest BCUT2D eigenvalue weighted by Gasteiger charge is 2.40. The van der Waals surface area contributed by atoms with Gasteiger partial charge in [0.25, 0.3) is 0 Å². The van der Waals surface area contributed by atoms with E-state index in [2.05, 4.69) is 36.2 Å². The summed E-state index contributed by atoms with van der Waals surface area (Å²) >= 11 is 0.